The van der Waals surface area contributed by atoms with Crippen molar-refractivity contribution in [3.05, 3.63) is 11.6 Å². The fraction of sp³-hybridized carbons (Fsp3) is 0.810. The van der Waals surface area contributed by atoms with Crippen molar-refractivity contribution in [2.24, 2.45) is 17.8 Å². The first-order chi connectivity index (χ1) is 14.1. The number of nitrogens with one attached hydrogen (secondary N) is 1. The predicted octanol–water partition coefficient (Wildman–Crippen LogP) is 1.15. The number of hydrogen-bond acceptors (Lipinski definition) is 5. The molecule has 8 nitrogen and oxygen atoms in total. The van der Waals surface area contributed by atoms with E-state index in [1.807, 2.05) is 9.47 Å². The molecule has 4 atom stereocenters. The summed E-state index contributed by atoms with van der Waals surface area (Å²) in [5.74, 6) is 2.46. The normalized spacial score (nSPS) is 35.3. The second-order valence-corrected chi connectivity index (χ2v) is 9.64. The van der Waals surface area contributed by atoms with Crippen molar-refractivity contribution in [2.75, 3.05) is 19.6 Å². The number of ether oxygens (including phenoxy) is 1. The van der Waals surface area contributed by atoms with Gasteiger partial charge in [-0.25, -0.2) is 0 Å². The number of amides is 2. The van der Waals surface area contributed by atoms with Crippen LogP contribution in [0.5, 0.6) is 0 Å². The minimum absolute atomic E-state index is 0.0118. The molecule has 1 spiro atoms. The van der Waals surface area contributed by atoms with E-state index in [-0.39, 0.29) is 29.4 Å². The third-order valence-corrected chi connectivity index (χ3v) is 7.83. The number of nitrogens with zero attached hydrogens (tertiary/aromatic N) is 4. The molecule has 1 aliphatic carbocycles. The van der Waals surface area contributed by atoms with Crippen LogP contribution in [0.15, 0.2) is 0 Å². The molecule has 0 radical (unpaired) electrons. The second kappa shape index (κ2) is 6.52. The van der Waals surface area contributed by atoms with Gasteiger partial charge >= 0.3 is 0 Å². The number of hydrogen-bond donors (Lipinski definition) is 1. The van der Waals surface area contributed by atoms with Crippen molar-refractivity contribution < 1.29 is 14.3 Å². The number of aryl methyl sites for hydroxylation is 1. The summed E-state index contributed by atoms with van der Waals surface area (Å²) in [6.07, 6.45) is 8.58. The first-order valence-corrected chi connectivity index (χ1v) is 11.3. The molecule has 5 heterocycles. The van der Waals surface area contributed by atoms with E-state index < -0.39 is 0 Å². The van der Waals surface area contributed by atoms with Gasteiger partial charge in [-0.15, -0.1) is 10.2 Å². The number of fused-ring (bicyclic) bond motifs is 2. The number of carbonyl (C=O) groups is 2. The van der Waals surface area contributed by atoms with Crippen LogP contribution in [-0.2, 0) is 22.5 Å². The SMILES string of the molecule is O=C(NC[C@H]1[C@H]2CN(C(=O)c3nnc4n3CCCCC4)C[C@]23CC[C@H]1O3)C1CC1. The summed E-state index contributed by atoms with van der Waals surface area (Å²) in [5, 5.41) is 11.7. The zero-order chi connectivity index (χ0) is 19.6. The van der Waals surface area contributed by atoms with Crippen molar-refractivity contribution in [1.29, 1.82) is 0 Å². The Morgan fingerprint density at radius 2 is 2.07 bits per heavy atom. The van der Waals surface area contributed by atoms with Crippen molar-refractivity contribution in [3.63, 3.8) is 0 Å². The minimum atomic E-state index is -0.225. The van der Waals surface area contributed by atoms with Crippen LogP contribution in [0.3, 0.4) is 0 Å². The van der Waals surface area contributed by atoms with Crippen molar-refractivity contribution in [1.82, 2.24) is 25.0 Å². The van der Waals surface area contributed by atoms with Gasteiger partial charge in [0.1, 0.15) is 5.82 Å². The van der Waals surface area contributed by atoms with E-state index >= 15 is 0 Å². The van der Waals surface area contributed by atoms with E-state index in [0.717, 1.165) is 57.3 Å². The van der Waals surface area contributed by atoms with Crippen LogP contribution in [0.1, 0.15) is 61.4 Å². The van der Waals surface area contributed by atoms with Crippen molar-refractivity contribution in [3.8, 4) is 0 Å². The highest BCUT2D eigenvalue weighted by molar-refractivity contribution is 5.91. The molecule has 156 valence electrons. The van der Waals surface area contributed by atoms with E-state index in [9.17, 15) is 9.59 Å². The summed E-state index contributed by atoms with van der Waals surface area (Å²) in [6, 6.07) is 0. The minimum Gasteiger partial charge on any atom is -0.369 e. The van der Waals surface area contributed by atoms with Crippen LogP contribution in [-0.4, -0.2) is 62.8 Å². The monoisotopic (exact) mass is 399 g/mol. The predicted molar refractivity (Wildman–Crippen MR) is 103 cm³/mol. The largest absolute Gasteiger partial charge is 0.369 e. The van der Waals surface area contributed by atoms with Crippen molar-refractivity contribution >= 4 is 11.8 Å². The van der Waals surface area contributed by atoms with Crippen LogP contribution >= 0.6 is 0 Å². The van der Waals surface area contributed by atoms with E-state index in [4.69, 9.17) is 4.74 Å². The molecule has 1 aromatic heterocycles. The highest BCUT2D eigenvalue weighted by Gasteiger charge is 2.63. The highest BCUT2D eigenvalue weighted by Crippen LogP contribution is 2.54. The lowest BCUT2D eigenvalue weighted by Crippen LogP contribution is -2.42. The van der Waals surface area contributed by atoms with E-state index in [1.165, 1.54) is 6.42 Å². The summed E-state index contributed by atoms with van der Waals surface area (Å²) in [4.78, 5) is 27.4. The van der Waals surface area contributed by atoms with Crippen molar-refractivity contribution in [2.45, 2.75) is 69.6 Å². The standard InChI is InChI=1S/C21H29N5O3/c27-19(13-5-6-13)22-10-14-15-11-25(12-21(15)8-7-16(14)29-21)20(28)18-24-23-17-4-2-1-3-9-26(17)18/h13-16H,1-12H2,(H,22,27)/t14-,15+,16+,21+/m0/s1. The summed E-state index contributed by atoms with van der Waals surface area (Å²) in [5.41, 5.74) is -0.225. The first-order valence-electron chi connectivity index (χ1n) is 11.3. The molecule has 5 aliphatic rings. The van der Waals surface area contributed by atoms with Gasteiger partial charge in [-0.3, -0.25) is 9.59 Å². The lowest BCUT2D eigenvalue weighted by molar-refractivity contribution is -0.122. The molecular formula is C21H29N5O3. The van der Waals surface area contributed by atoms with Gasteiger partial charge in [-0.05, 0) is 38.5 Å². The molecule has 1 saturated carbocycles. The average molecular weight is 399 g/mol. The topological polar surface area (TPSA) is 89.4 Å². The molecule has 8 heteroatoms. The Balaban J connectivity index is 1.19. The van der Waals surface area contributed by atoms with Crippen LogP contribution in [0.2, 0.25) is 0 Å². The third kappa shape index (κ3) is 2.82. The molecule has 3 saturated heterocycles. The van der Waals surface area contributed by atoms with Gasteiger partial charge in [-0.2, -0.15) is 0 Å². The molecule has 2 amide bonds. The third-order valence-electron chi connectivity index (χ3n) is 7.83. The van der Waals surface area contributed by atoms with Gasteiger partial charge in [0.2, 0.25) is 11.7 Å². The molecule has 0 aromatic carbocycles. The van der Waals surface area contributed by atoms with Crippen LogP contribution in [0.4, 0.5) is 0 Å². The van der Waals surface area contributed by atoms with Gasteiger partial charge < -0.3 is 19.5 Å². The quantitative estimate of drug-likeness (QED) is 0.820. The summed E-state index contributed by atoms with van der Waals surface area (Å²) < 4.78 is 8.48. The number of carbonyl (C=O) groups excluding carboxylic acids is 2. The molecule has 29 heavy (non-hydrogen) atoms. The van der Waals surface area contributed by atoms with Gasteiger partial charge in [0, 0.05) is 43.8 Å². The highest BCUT2D eigenvalue weighted by atomic mass is 16.5. The lowest BCUT2D eigenvalue weighted by Gasteiger charge is -2.29. The second-order valence-electron chi connectivity index (χ2n) is 9.64. The smallest absolute Gasteiger partial charge is 0.291 e. The fourth-order valence-corrected chi connectivity index (χ4v) is 6.11. The van der Waals surface area contributed by atoms with Crippen LogP contribution in [0.25, 0.3) is 0 Å². The number of rotatable bonds is 4. The number of likely N-dealkylation sites (tertiary alicyclic amines) is 1. The maximum atomic E-state index is 13.3. The Hall–Kier alpha value is -1.96. The molecule has 6 rings (SSSR count). The summed E-state index contributed by atoms with van der Waals surface area (Å²) in [6.45, 7) is 2.85. The molecule has 1 N–H and O–H groups in total. The van der Waals surface area contributed by atoms with Crippen LogP contribution < -0.4 is 5.32 Å². The van der Waals surface area contributed by atoms with Crippen LogP contribution in [0, 0.1) is 17.8 Å². The molecule has 2 bridgehead atoms. The van der Waals surface area contributed by atoms with E-state index in [0.29, 0.717) is 37.3 Å². The maximum absolute atomic E-state index is 13.3. The molecular weight excluding hydrogens is 370 g/mol. The molecule has 0 unspecified atom stereocenters. The lowest BCUT2D eigenvalue weighted by atomic mass is 9.73. The van der Waals surface area contributed by atoms with Gasteiger partial charge in [0.15, 0.2) is 0 Å². The Morgan fingerprint density at radius 3 is 2.93 bits per heavy atom. The molecule has 4 fully saturated rings. The molecule has 1 aromatic rings. The summed E-state index contributed by atoms with van der Waals surface area (Å²) in [7, 11) is 0. The Kier molecular flexibility index (Phi) is 4.02. The summed E-state index contributed by atoms with van der Waals surface area (Å²) >= 11 is 0. The van der Waals surface area contributed by atoms with E-state index in [2.05, 4.69) is 15.5 Å². The van der Waals surface area contributed by atoms with E-state index in [1.54, 1.807) is 0 Å². The zero-order valence-corrected chi connectivity index (χ0v) is 16.8. The zero-order valence-electron chi connectivity index (χ0n) is 16.8. The van der Waals surface area contributed by atoms with Gasteiger partial charge in [0.05, 0.1) is 18.2 Å². The Bertz CT molecular complexity index is 849. The Labute approximate surface area is 170 Å². The Morgan fingerprint density at radius 1 is 1.17 bits per heavy atom. The van der Waals surface area contributed by atoms with Gasteiger partial charge in [0.25, 0.3) is 5.91 Å². The number of aromatic nitrogens is 3. The average Bonchev–Trinajstić information content (AvgIpc) is 3.20. The fourth-order valence-electron chi connectivity index (χ4n) is 6.11. The maximum Gasteiger partial charge on any atom is 0.291 e. The van der Waals surface area contributed by atoms with Gasteiger partial charge in [-0.1, -0.05) is 6.42 Å². The first kappa shape index (κ1) is 17.9. The molecule has 4 aliphatic heterocycles.